The first-order valence-electron chi connectivity index (χ1n) is 6.19. The third-order valence-corrected chi connectivity index (χ3v) is 3.16. The number of rotatable bonds is 3. The van der Waals surface area contributed by atoms with Gasteiger partial charge in [0.05, 0.1) is 5.02 Å². The lowest BCUT2D eigenvalue weighted by molar-refractivity contribution is -0.122. The number of hydrogen-bond acceptors (Lipinski definition) is 4. The smallest absolute Gasteiger partial charge is 0.244 e. The van der Waals surface area contributed by atoms with Crippen LogP contribution in [0.4, 0.5) is 10.2 Å². The van der Waals surface area contributed by atoms with Gasteiger partial charge >= 0.3 is 0 Å². The number of amides is 1. The monoisotopic (exact) mass is 286 g/mol. The molecule has 1 unspecified atom stereocenters. The van der Waals surface area contributed by atoms with Gasteiger partial charge in [0, 0.05) is 32.4 Å². The number of piperazine rings is 1. The van der Waals surface area contributed by atoms with E-state index in [4.69, 9.17) is 11.6 Å². The molecule has 0 radical (unpaired) electrons. The highest BCUT2D eigenvalue weighted by Gasteiger charge is 2.30. The molecule has 1 aliphatic rings. The van der Waals surface area contributed by atoms with Crippen molar-refractivity contribution in [1.29, 1.82) is 0 Å². The first-order chi connectivity index (χ1) is 9.13. The SMILES string of the molecule is CCNC(=O)C1CNCCN1c1ncc(Cl)cc1F. The van der Waals surface area contributed by atoms with Crippen molar-refractivity contribution in [1.82, 2.24) is 15.6 Å². The number of nitrogens with zero attached hydrogens (tertiary/aromatic N) is 2. The van der Waals surface area contributed by atoms with Crippen molar-refractivity contribution in [2.45, 2.75) is 13.0 Å². The highest BCUT2D eigenvalue weighted by Crippen LogP contribution is 2.22. The molecule has 1 amide bonds. The Morgan fingerprint density at radius 3 is 3.21 bits per heavy atom. The topological polar surface area (TPSA) is 57.3 Å². The van der Waals surface area contributed by atoms with E-state index in [1.54, 1.807) is 4.90 Å². The Balaban J connectivity index is 2.26. The first-order valence-corrected chi connectivity index (χ1v) is 6.57. The molecule has 1 aromatic heterocycles. The Kier molecular flexibility index (Phi) is 4.55. The van der Waals surface area contributed by atoms with E-state index in [0.29, 0.717) is 26.2 Å². The minimum atomic E-state index is -0.510. The summed E-state index contributed by atoms with van der Waals surface area (Å²) < 4.78 is 13.9. The molecule has 7 heteroatoms. The lowest BCUT2D eigenvalue weighted by Gasteiger charge is -2.36. The predicted molar refractivity (Wildman–Crippen MR) is 71.9 cm³/mol. The highest BCUT2D eigenvalue weighted by molar-refractivity contribution is 6.30. The minimum Gasteiger partial charge on any atom is -0.355 e. The maximum Gasteiger partial charge on any atom is 0.244 e. The zero-order chi connectivity index (χ0) is 13.8. The molecule has 0 aromatic carbocycles. The maximum atomic E-state index is 13.9. The van der Waals surface area contributed by atoms with E-state index in [9.17, 15) is 9.18 Å². The molecule has 104 valence electrons. The van der Waals surface area contributed by atoms with Crippen LogP contribution < -0.4 is 15.5 Å². The Labute approximate surface area is 116 Å². The van der Waals surface area contributed by atoms with Crippen molar-refractivity contribution in [3.8, 4) is 0 Å². The normalized spacial score (nSPS) is 19.3. The maximum absolute atomic E-state index is 13.9. The summed E-state index contributed by atoms with van der Waals surface area (Å²) in [5.74, 6) is -0.475. The van der Waals surface area contributed by atoms with Crippen LogP contribution in [0.5, 0.6) is 0 Å². The lowest BCUT2D eigenvalue weighted by atomic mass is 10.1. The third kappa shape index (κ3) is 3.13. The van der Waals surface area contributed by atoms with Crippen LogP contribution in [0.25, 0.3) is 0 Å². The lowest BCUT2D eigenvalue weighted by Crippen LogP contribution is -2.58. The number of likely N-dealkylation sites (N-methyl/N-ethyl adjacent to an activating group) is 1. The number of pyridine rings is 1. The molecule has 2 N–H and O–H groups in total. The molecule has 0 bridgehead atoms. The summed E-state index contributed by atoms with van der Waals surface area (Å²) in [4.78, 5) is 17.7. The fraction of sp³-hybridized carbons (Fsp3) is 0.500. The van der Waals surface area contributed by atoms with Crippen molar-refractivity contribution in [2.24, 2.45) is 0 Å². The standard InChI is InChI=1S/C12H16ClFN4O/c1-2-16-12(19)10-7-15-3-4-18(10)11-9(14)5-8(13)6-17-11/h5-6,10,15H,2-4,7H2,1H3,(H,16,19). The van der Waals surface area contributed by atoms with Gasteiger partial charge in [0.25, 0.3) is 0 Å². The van der Waals surface area contributed by atoms with Crippen LogP contribution >= 0.6 is 11.6 Å². The Bertz CT molecular complexity index is 471. The van der Waals surface area contributed by atoms with Gasteiger partial charge in [-0.05, 0) is 13.0 Å². The summed E-state index contributed by atoms with van der Waals surface area (Å²) in [5.41, 5.74) is 0. The predicted octanol–water partition coefficient (Wildman–Crippen LogP) is 0.788. The molecule has 5 nitrogen and oxygen atoms in total. The average molecular weight is 287 g/mol. The zero-order valence-corrected chi connectivity index (χ0v) is 11.4. The highest BCUT2D eigenvalue weighted by atomic mass is 35.5. The van der Waals surface area contributed by atoms with E-state index >= 15 is 0 Å². The van der Waals surface area contributed by atoms with E-state index in [0.717, 1.165) is 0 Å². The second kappa shape index (κ2) is 6.16. The van der Waals surface area contributed by atoms with Gasteiger partial charge in [-0.1, -0.05) is 11.6 Å². The molecule has 1 aliphatic heterocycles. The molecule has 1 fully saturated rings. The number of carbonyl (C=O) groups excluding carboxylic acids is 1. The fourth-order valence-electron chi connectivity index (χ4n) is 2.10. The van der Waals surface area contributed by atoms with Gasteiger partial charge in [0.1, 0.15) is 6.04 Å². The number of nitrogens with one attached hydrogen (secondary N) is 2. The van der Waals surface area contributed by atoms with Crippen molar-refractivity contribution in [3.63, 3.8) is 0 Å². The zero-order valence-electron chi connectivity index (χ0n) is 10.6. The molecule has 0 aliphatic carbocycles. The van der Waals surface area contributed by atoms with Crippen LogP contribution in [0.3, 0.4) is 0 Å². The van der Waals surface area contributed by atoms with Crippen LogP contribution in [0.2, 0.25) is 5.02 Å². The quantitative estimate of drug-likeness (QED) is 0.863. The second-order valence-corrected chi connectivity index (χ2v) is 4.70. The van der Waals surface area contributed by atoms with Crippen molar-refractivity contribution in [3.05, 3.63) is 23.1 Å². The summed E-state index contributed by atoms with van der Waals surface area (Å²) >= 11 is 5.69. The molecule has 0 saturated carbocycles. The van der Waals surface area contributed by atoms with Gasteiger partial charge in [-0.25, -0.2) is 9.37 Å². The minimum absolute atomic E-state index is 0.133. The van der Waals surface area contributed by atoms with E-state index in [2.05, 4.69) is 15.6 Å². The van der Waals surface area contributed by atoms with Crippen molar-refractivity contribution < 1.29 is 9.18 Å². The summed E-state index contributed by atoms with van der Waals surface area (Å²) in [6.45, 7) is 4.06. The first kappa shape index (κ1) is 14.0. The van der Waals surface area contributed by atoms with Gasteiger partial charge in [-0.3, -0.25) is 4.79 Å². The van der Waals surface area contributed by atoms with E-state index < -0.39 is 11.9 Å². The van der Waals surface area contributed by atoms with Gasteiger partial charge in [-0.2, -0.15) is 0 Å². The van der Waals surface area contributed by atoms with Gasteiger partial charge in [0.15, 0.2) is 11.6 Å². The van der Waals surface area contributed by atoms with Gasteiger partial charge in [-0.15, -0.1) is 0 Å². The number of halogens is 2. The van der Waals surface area contributed by atoms with Crippen LogP contribution in [-0.2, 0) is 4.79 Å². The molecular weight excluding hydrogens is 271 g/mol. The second-order valence-electron chi connectivity index (χ2n) is 4.27. The summed E-state index contributed by atoms with van der Waals surface area (Å²) in [6, 6.07) is 0.748. The average Bonchev–Trinajstić information content (AvgIpc) is 2.39. The molecule has 19 heavy (non-hydrogen) atoms. The summed E-state index contributed by atoms with van der Waals surface area (Å²) in [6.07, 6.45) is 1.39. The molecule has 1 aromatic rings. The van der Waals surface area contributed by atoms with E-state index in [1.807, 2.05) is 6.92 Å². The van der Waals surface area contributed by atoms with Gasteiger partial charge in [0.2, 0.25) is 5.91 Å². The Morgan fingerprint density at radius 2 is 2.53 bits per heavy atom. The third-order valence-electron chi connectivity index (χ3n) is 2.96. The number of hydrogen-bond donors (Lipinski definition) is 2. The molecule has 0 spiro atoms. The molecule has 2 heterocycles. The molecule has 1 atom stereocenters. The number of aromatic nitrogens is 1. The number of carbonyl (C=O) groups is 1. The largest absolute Gasteiger partial charge is 0.355 e. The summed E-state index contributed by atoms with van der Waals surface area (Å²) in [5, 5.41) is 6.12. The number of anilines is 1. The van der Waals surface area contributed by atoms with Crippen LogP contribution in [-0.4, -0.2) is 43.1 Å². The molecule has 1 saturated heterocycles. The van der Waals surface area contributed by atoms with Gasteiger partial charge < -0.3 is 15.5 Å². The summed E-state index contributed by atoms with van der Waals surface area (Å²) in [7, 11) is 0. The van der Waals surface area contributed by atoms with Crippen molar-refractivity contribution >= 4 is 23.3 Å². The Hall–Kier alpha value is -1.40. The fourth-order valence-corrected chi connectivity index (χ4v) is 2.25. The van der Waals surface area contributed by atoms with Crippen molar-refractivity contribution in [2.75, 3.05) is 31.1 Å². The molecular formula is C12H16ClFN4O. The van der Waals surface area contributed by atoms with E-state index in [1.165, 1.54) is 12.3 Å². The molecule has 2 rings (SSSR count). The Morgan fingerprint density at radius 1 is 1.74 bits per heavy atom. The van der Waals surface area contributed by atoms with E-state index in [-0.39, 0.29) is 16.7 Å². The van der Waals surface area contributed by atoms with Crippen LogP contribution in [0.1, 0.15) is 6.92 Å². The van der Waals surface area contributed by atoms with Crippen LogP contribution in [0, 0.1) is 5.82 Å². The van der Waals surface area contributed by atoms with Crippen LogP contribution in [0.15, 0.2) is 12.3 Å².